The summed E-state index contributed by atoms with van der Waals surface area (Å²) in [4.78, 5) is 10.8. The summed E-state index contributed by atoms with van der Waals surface area (Å²) >= 11 is 1.67. The summed E-state index contributed by atoms with van der Waals surface area (Å²) in [5, 5.41) is 6.51. The first kappa shape index (κ1) is 17.5. The van der Waals surface area contributed by atoms with Crippen LogP contribution in [0.4, 0.5) is 0 Å². The minimum Gasteiger partial charge on any atom is -0.467 e. The molecule has 6 nitrogen and oxygen atoms in total. The van der Waals surface area contributed by atoms with Crippen molar-refractivity contribution in [3.8, 4) is 0 Å². The number of aryl methyl sites for hydroxylation is 1. The van der Waals surface area contributed by atoms with Crippen LogP contribution in [0.1, 0.15) is 22.9 Å². The zero-order chi connectivity index (χ0) is 16.5. The molecule has 0 radical (unpaired) electrons. The van der Waals surface area contributed by atoms with Crippen molar-refractivity contribution in [2.45, 2.75) is 26.5 Å². The van der Waals surface area contributed by atoms with Crippen molar-refractivity contribution in [1.82, 2.24) is 15.2 Å². The number of guanidine groups is 1. The van der Waals surface area contributed by atoms with Crippen molar-refractivity contribution in [3.63, 3.8) is 0 Å². The average Bonchev–Trinajstić information content (AvgIpc) is 3.18. The Labute approximate surface area is 141 Å². The summed E-state index contributed by atoms with van der Waals surface area (Å²) in [6.45, 7) is 4.78. The van der Waals surface area contributed by atoms with E-state index in [1.54, 1.807) is 24.6 Å². The highest BCUT2D eigenvalue weighted by Gasteiger charge is 2.08. The van der Waals surface area contributed by atoms with Gasteiger partial charge >= 0.3 is 0 Å². The molecular formula is C16H24N4O2S. The molecule has 2 aromatic rings. The monoisotopic (exact) mass is 336 g/mol. The van der Waals surface area contributed by atoms with E-state index in [9.17, 15) is 0 Å². The van der Waals surface area contributed by atoms with Crippen LogP contribution in [-0.2, 0) is 17.9 Å². The number of aromatic nitrogens is 1. The van der Waals surface area contributed by atoms with Gasteiger partial charge in [-0.2, -0.15) is 0 Å². The van der Waals surface area contributed by atoms with E-state index in [1.807, 2.05) is 26.1 Å². The third-order valence-corrected chi connectivity index (χ3v) is 4.03. The zero-order valence-electron chi connectivity index (χ0n) is 13.9. The van der Waals surface area contributed by atoms with E-state index in [1.165, 1.54) is 0 Å². The highest BCUT2D eigenvalue weighted by atomic mass is 32.1. The first-order valence-corrected chi connectivity index (χ1v) is 8.50. The fourth-order valence-electron chi connectivity index (χ4n) is 2.13. The van der Waals surface area contributed by atoms with E-state index < -0.39 is 0 Å². The first-order chi connectivity index (χ1) is 11.2. The minimum atomic E-state index is 0.519. The van der Waals surface area contributed by atoms with Crippen LogP contribution in [0, 0.1) is 6.92 Å². The van der Waals surface area contributed by atoms with Crippen molar-refractivity contribution in [1.29, 1.82) is 0 Å². The molecule has 2 rings (SSSR count). The second-order valence-electron chi connectivity index (χ2n) is 5.17. The van der Waals surface area contributed by atoms with E-state index in [-0.39, 0.29) is 0 Å². The lowest BCUT2D eigenvalue weighted by molar-refractivity contribution is 0.104. The number of thiazole rings is 1. The predicted octanol–water partition coefficient (Wildman–Crippen LogP) is 2.66. The van der Waals surface area contributed by atoms with Crippen LogP contribution in [0.3, 0.4) is 0 Å². The van der Waals surface area contributed by atoms with Gasteiger partial charge < -0.3 is 19.4 Å². The lowest BCUT2D eigenvalue weighted by Crippen LogP contribution is -2.39. The molecule has 23 heavy (non-hydrogen) atoms. The van der Waals surface area contributed by atoms with Gasteiger partial charge in [-0.1, -0.05) is 0 Å². The van der Waals surface area contributed by atoms with Gasteiger partial charge in [0.1, 0.15) is 12.4 Å². The predicted molar refractivity (Wildman–Crippen MR) is 92.7 cm³/mol. The van der Waals surface area contributed by atoms with Crippen molar-refractivity contribution in [3.05, 3.63) is 40.2 Å². The number of ether oxygens (including phenoxy) is 1. The quantitative estimate of drug-likeness (QED) is 0.456. The normalized spacial score (nSPS) is 11.7. The Kier molecular flexibility index (Phi) is 7.09. The van der Waals surface area contributed by atoms with Gasteiger partial charge in [-0.25, -0.2) is 4.98 Å². The molecule has 0 bridgehead atoms. The maximum Gasteiger partial charge on any atom is 0.193 e. The fraction of sp³-hybridized carbons (Fsp3) is 0.500. The summed E-state index contributed by atoms with van der Waals surface area (Å²) < 4.78 is 10.8. The molecule has 0 aliphatic carbocycles. The van der Waals surface area contributed by atoms with Gasteiger partial charge in [0.15, 0.2) is 5.96 Å². The van der Waals surface area contributed by atoms with Crippen LogP contribution in [0.15, 0.2) is 33.2 Å². The SMILES string of the molecule is CN=C(NCCCOCc1ccco1)N(C)Cc1csc(C)n1. The molecule has 0 spiro atoms. The molecule has 126 valence electrons. The van der Waals surface area contributed by atoms with E-state index in [0.717, 1.165) is 41.9 Å². The lowest BCUT2D eigenvalue weighted by atomic mass is 10.4. The number of aliphatic imine (C=N–C) groups is 1. The first-order valence-electron chi connectivity index (χ1n) is 7.62. The standard InChI is InChI=1S/C16H24N4O2S/c1-13-19-14(12-23-13)10-20(3)16(17-2)18-7-5-8-21-11-15-6-4-9-22-15/h4,6,9,12H,5,7-8,10-11H2,1-3H3,(H,17,18). The van der Waals surface area contributed by atoms with E-state index in [4.69, 9.17) is 9.15 Å². The summed E-state index contributed by atoms with van der Waals surface area (Å²) in [6.07, 6.45) is 2.56. The second-order valence-corrected chi connectivity index (χ2v) is 6.24. The maximum atomic E-state index is 5.56. The van der Waals surface area contributed by atoms with Crippen LogP contribution >= 0.6 is 11.3 Å². The Balaban J connectivity index is 1.62. The van der Waals surface area contributed by atoms with Crippen molar-refractivity contribution in [2.24, 2.45) is 4.99 Å². The van der Waals surface area contributed by atoms with Crippen LogP contribution in [0.25, 0.3) is 0 Å². The number of hydrogen-bond donors (Lipinski definition) is 1. The number of nitrogens with one attached hydrogen (secondary N) is 1. The Bertz CT molecular complexity index is 595. The number of furan rings is 1. The number of nitrogens with zero attached hydrogens (tertiary/aromatic N) is 3. The second kappa shape index (κ2) is 9.32. The summed E-state index contributed by atoms with van der Waals surface area (Å²) in [5.74, 6) is 1.72. The lowest BCUT2D eigenvalue weighted by Gasteiger charge is -2.21. The van der Waals surface area contributed by atoms with Gasteiger partial charge in [-0.05, 0) is 25.5 Å². The minimum absolute atomic E-state index is 0.519. The molecule has 0 aliphatic rings. The summed E-state index contributed by atoms with van der Waals surface area (Å²) in [7, 11) is 3.80. The van der Waals surface area contributed by atoms with Gasteiger partial charge in [0.05, 0.1) is 23.5 Å². The topological polar surface area (TPSA) is 62.9 Å². The molecule has 0 fully saturated rings. The summed E-state index contributed by atoms with van der Waals surface area (Å²) in [6, 6.07) is 3.78. The van der Waals surface area contributed by atoms with E-state index in [0.29, 0.717) is 13.2 Å². The average molecular weight is 336 g/mol. The Morgan fingerprint density at radius 2 is 2.39 bits per heavy atom. The molecule has 2 aromatic heterocycles. The molecular weight excluding hydrogens is 312 g/mol. The molecule has 2 heterocycles. The van der Waals surface area contributed by atoms with Crippen LogP contribution in [0.5, 0.6) is 0 Å². The Morgan fingerprint density at radius 3 is 3.04 bits per heavy atom. The molecule has 0 amide bonds. The molecule has 1 N–H and O–H groups in total. The van der Waals surface area contributed by atoms with Gasteiger partial charge in [0.2, 0.25) is 0 Å². The molecule has 0 aromatic carbocycles. The van der Waals surface area contributed by atoms with Crippen molar-refractivity contribution >= 4 is 17.3 Å². The van der Waals surface area contributed by atoms with Crippen molar-refractivity contribution in [2.75, 3.05) is 27.2 Å². The maximum absolute atomic E-state index is 5.56. The molecule has 0 aliphatic heterocycles. The third kappa shape index (κ3) is 6.03. The number of rotatable bonds is 8. The number of hydrogen-bond acceptors (Lipinski definition) is 5. The fourth-order valence-corrected chi connectivity index (χ4v) is 2.73. The van der Waals surface area contributed by atoms with Gasteiger partial charge in [-0.15, -0.1) is 11.3 Å². The molecule has 7 heteroatoms. The molecule has 0 unspecified atom stereocenters. The van der Waals surface area contributed by atoms with E-state index in [2.05, 4.69) is 25.6 Å². The summed E-state index contributed by atoms with van der Waals surface area (Å²) in [5.41, 5.74) is 1.07. The molecule has 0 atom stereocenters. The van der Waals surface area contributed by atoms with Crippen LogP contribution < -0.4 is 5.32 Å². The molecule has 0 saturated carbocycles. The highest BCUT2D eigenvalue weighted by molar-refractivity contribution is 7.09. The van der Waals surface area contributed by atoms with Gasteiger partial charge in [-0.3, -0.25) is 4.99 Å². The smallest absolute Gasteiger partial charge is 0.193 e. The van der Waals surface area contributed by atoms with Gasteiger partial charge in [0.25, 0.3) is 0 Å². The Hall–Kier alpha value is -1.86. The van der Waals surface area contributed by atoms with Crippen LogP contribution in [0.2, 0.25) is 0 Å². The van der Waals surface area contributed by atoms with E-state index >= 15 is 0 Å². The van der Waals surface area contributed by atoms with Gasteiger partial charge in [0, 0.05) is 32.6 Å². The highest BCUT2D eigenvalue weighted by Crippen LogP contribution is 2.09. The molecule has 0 saturated heterocycles. The Morgan fingerprint density at radius 1 is 1.52 bits per heavy atom. The zero-order valence-corrected chi connectivity index (χ0v) is 14.7. The van der Waals surface area contributed by atoms with Crippen LogP contribution in [-0.4, -0.2) is 43.1 Å². The van der Waals surface area contributed by atoms with Crippen molar-refractivity contribution < 1.29 is 9.15 Å². The third-order valence-electron chi connectivity index (χ3n) is 3.21. The largest absolute Gasteiger partial charge is 0.467 e.